The first-order valence-corrected chi connectivity index (χ1v) is 13.1. The summed E-state index contributed by atoms with van der Waals surface area (Å²) in [7, 11) is 3.18. The van der Waals surface area contributed by atoms with Gasteiger partial charge < -0.3 is 20.1 Å². The molecule has 4 aromatic rings. The molecule has 0 radical (unpaired) electrons. The summed E-state index contributed by atoms with van der Waals surface area (Å²) in [6.45, 7) is 0.321. The lowest BCUT2D eigenvalue weighted by Crippen LogP contribution is -2.23. The van der Waals surface area contributed by atoms with Gasteiger partial charge in [0.1, 0.15) is 16.7 Å². The van der Waals surface area contributed by atoms with Gasteiger partial charge in [-0.15, -0.1) is 11.8 Å². The molecule has 0 unspecified atom stereocenters. The Labute approximate surface area is 230 Å². The summed E-state index contributed by atoms with van der Waals surface area (Å²) in [5.74, 6) is 1.49. The van der Waals surface area contributed by atoms with Crippen molar-refractivity contribution in [2.75, 3.05) is 19.5 Å². The van der Waals surface area contributed by atoms with Gasteiger partial charge in [0.15, 0.2) is 0 Å². The van der Waals surface area contributed by atoms with Gasteiger partial charge in [-0.3, -0.25) is 9.59 Å². The second-order valence-electron chi connectivity index (χ2n) is 8.17. The lowest BCUT2D eigenvalue weighted by molar-refractivity contribution is 0.0949. The summed E-state index contributed by atoms with van der Waals surface area (Å²) in [5.41, 5.74) is 3.50. The lowest BCUT2D eigenvalue weighted by atomic mass is 10.1. The second-order valence-corrected chi connectivity index (χ2v) is 9.57. The highest BCUT2D eigenvalue weighted by Crippen LogP contribution is 2.30. The third-order valence-corrected chi connectivity index (χ3v) is 7.01. The number of anilines is 1. The second kappa shape index (κ2) is 13.0. The predicted molar refractivity (Wildman–Crippen MR) is 150 cm³/mol. The predicted octanol–water partition coefficient (Wildman–Crippen LogP) is 6.23. The molecule has 2 amide bonds. The number of amides is 2. The number of para-hydroxylation sites is 1. The van der Waals surface area contributed by atoms with Gasteiger partial charge in [0, 0.05) is 40.6 Å². The van der Waals surface area contributed by atoms with E-state index in [0.717, 1.165) is 16.0 Å². The summed E-state index contributed by atoms with van der Waals surface area (Å²) in [6, 6.07) is 23.7. The Kier molecular flexibility index (Phi) is 9.24. The molecule has 0 aliphatic heterocycles. The number of nitrogens with zero attached hydrogens (tertiary/aromatic N) is 1. The minimum Gasteiger partial charge on any atom is -0.497 e. The van der Waals surface area contributed by atoms with Crippen LogP contribution < -0.4 is 20.1 Å². The van der Waals surface area contributed by atoms with Gasteiger partial charge in [-0.2, -0.15) is 0 Å². The number of aromatic nitrogens is 1. The highest BCUT2D eigenvalue weighted by atomic mass is 35.5. The molecular formula is C29H26ClN3O4S. The average Bonchev–Trinajstić information content (AvgIpc) is 2.95. The van der Waals surface area contributed by atoms with Crippen LogP contribution >= 0.6 is 23.4 Å². The van der Waals surface area contributed by atoms with E-state index in [-0.39, 0.29) is 11.8 Å². The fourth-order valence-electron chi connectivity index (χ4n) is 3.64. The van der Waals surface area contributed by atoms with Crippen molar-refractivity contribution in [3.8, 4) is 11.5 Å². The van der Waals surface area contributed by atoms with E-state index < -0.39 is 0 Å². The SMILES string of the molecule is COc1ccc(CNC(=O)c2cccc(CSc3ccccc3NC(=O)c3ccc(Cl)nc3)c2)c(OC)c1. The number of carbonyl (C=O) groups is 2. The molecule has 0 saturated carbocycles. The maximum Gasteiger partial charge on any atom is 0.257 e. The zero-order chi connectivity index (χ0) is 26.9. The van der Waals surface area contributed by atoms with E-state index in [1.54, 1.807) is 50.2 Å². The Hall–Kier alpha value is -4.01. The van der Waals surface area contributed by atoms with E-state index in [1.165, 1.54) is 6.20 Å². The summed E-state index contributed by atoms with van der Waals surface area (Å²) in [5, 5.41) is 6.21. The number of nitrogens with one attached hydrogen (secondary N) is 2. The number of hydrogen-bond donors (Lipinski definition) is 2. The number of ether oxygens (including phenoxy) is 2. The molecule has 38 heavy (non-hydrogen) atoms. The van der Waals surface area contributed by atoms with Crippen molar-refractivity contribution in [2.45, 2.75) is 17.2 Å². The van der Waals surface area contributed by atoms with Crippen molar-refractivity contribution in [3.63, 3.8) is 0 Å². The summed E-state index contributed by atoms with van der Waals surface area (Å²) in [4.78, 5) is 30.4. The van der Waals surface area contributed by atoms with E-state index in [4.69, 9.17) is 21.1 Å². The number of benzene rings is 3. The summed E-state index contributed by atoms with van der Waals surface area (Å²) >= 11 is 7.39. The van der Waals surface area contributed by atoms with Crippen molar-refractivity contribution in [1.82, 2.24) is 10.3 Å². The number of carbonyl (C=O) groups excluding carboxylic acids is 2. The van der Waals surface area contributed by atoms with E-state index in [1.807, 2.05) is 54.6 Å². The molecule has 0 atom stereocenters. The summed E-state index contributed by atoms with van der Waals surface area (Å²) in [6.07, 6.45) is 1.44. The molecule has 1 aromatic heterocycles. The van der Waals surface area contributed by atoms with Crippen LogP contribution in [0.4, 0.5) is 5.69 Å². The highest BCUT2D eigenvalue weighted by Gasteiger charge is 2.12. The Balaban J connectivity index is 1.38. The smallest absolute Gasteiger partial charge is 0.257 e. The van der Waals surface area contributed by atoms with Crippen LogP contribution in [-0.4, -0.2) is 31.0 Å². The molecule has 9 heteroatoms. The molecule has 0 aliphatic carbocycles. The number of thioether (sulfide) groups is 1. The molecule has 0 spiro atoms. The average molecular weight is 548 g/mol. The standard InChI is InChI=1S/C29H26ClN3O4S/c1-36-23-12-10-21(25(15-23)37-2)16-32-28(34)20-7-5-6-19(14-20)18-38-26-9-4-3-8-24(26)33-29(35)22-11-13-27(30)31-17-22/h3-15,17H,16,18H2,1-2H3,(H,32,34)(H,33,35). The Morgan fingerprint density at radius 1 is 0.895 bits per heavy atom. The van der Waals surface area contributed by atoms with Crippen LogP contribution in [0.3, 0.4) is 0 Å². The first-order valence-electron chi connectivity index (χ1n) is 11.7. The van der Waals surface area contributed by atoms with Gasteiger partial charge in [-0.25, -0.2) is 4.98 Å². The molecule has 0 bridgehead atoms. The van der Waals surface area contributed by atoms with Crippen LogP contribution in [0, 0.1) is 0 Å². The van der Waals surface area contributed by atoms with Crippen molar-refractivity contribution in [1.29, 1.82) is 0 Å². The van der Waals surface area contributed by atoms with Crippen LogP contribution in [0.25, 0.3) is 0 Å². The van der Waals surface area contributed by atoms with E-state index in [2.05, 4.69) is 15.6 Å². The first kappa shape index (κ1) is 27.0. The van der Waals surface area contributed by atoms with Crippen molar-refractivity contribution in [3.05, 3.63) is 112 Å². The first-order chi connectivity index (χ1) is 18.5. The number of halogens is 1. The van der Waals surface area contributed by atoms with Gasteiger partial charge in [0.2, 0.25) is 0 Å². The largest absolute Gasteiger partial charge is 0.497 e. The lowest BCUT2D eigenvalue weighted by Gasteiger charge is -2.12. The quantitative estimate of drug-likeness (QED) is 0.181. The van der Waals surface area contributed by atoms with Crippen molar-refractivity contribution >= 4 is 40.9 Å². The van der Waals surface area contributed by atoms with Gasteiger partial charge in [0.25, 0.3) is 11.8 Å². The third kappa shape index (κ3) is 7.06. The molecule has 1 heterocycles. The van der Waals surface area contributed by atoms with E-state index >= 15 is 0 Å². The van der Waals surface area contributed by atoms with Crippen molar-refractivity contribution in [2.24, 2.45) is 0 Å². The van der Waals surface area contributed by atoms with E-state index in [0.29, 0.717) is 45.8 Å². The summed E-state index contributed by atoms with van der Waals surface area (Å²) < 4.78 is 10.6. The van der Waals surface area contributed by atoms with Crippen LogP contribution in [0.15, 0.2) is 90.0 Å². The fourth-order valence-corrected chi connectivity index (χ4v) is 4.70. The Morgan fingerprint density at radius 2 is 1.74 bits per heavy atom. The molecule has 7 nitrogen and oxygen atoms in total. The van der Waals surface area contributed by atoms with Crippen LogP contribution in [0.2, 0.25) is 5.15 Å². The van der Waals surface area contributed by atoms with Crippen molar-refractivity contribution < 1.29 is 19.1 Å². The number of pyridine rings is 1. The molecule has 4 rings (SSSR count). The molecule has 194 valence electrons. The number of methoxy groups -OCH3 is 2. The molecule has 0 aliphatic rings. The van der Waals surface area contributed by atoms with Gasteiger partial charge >= 0.3 is 0 Å². The third-order valence-electron chi connectivity index (χ3n) is 5.64. The topological polar surface area (TPSA) is 89.6 Å². The van der Waals surface area contributed by atoms with Crippen LogP contribution in [0.5, 0.6) is 11.5 Å². The normalized spacial score (nSPS) is 10.5. The van der Waals surface area contributed by atoms with Gasteiger partial charge in [-0.1, -0.05) is 35.9 Å². The zero-order valence-corrected chi connectivity index (χ0v) is 22.4. The number of hydrogen-bond acceptors (Lipinski definition) is 6. The molecule has 2 N–H and O–H groups in total. The Morgan fingerprint density at radius 3 is 2.50 bits per heavy atom. The molecule has 0 saturated heterocycles. The molecule has 0 fully saturated rings. The van der Waals surface area contributed by atoms with Crippen LogP contribution in [-0.2, 0) is 12.3 Å². The van der Waals surface area contributed by atoms with E-state index in [9.17, 15) is 9.59 Å². The van der Waals surface area contributed by atoms with Crippen LogP contribution in [0.1, 0.15) is 31.8 Å². The minimum atomic E-state index is -0.269. The van der Waals surface area contributed by atoms with Gasteiger partial charge in [0.05, 0.1) is 25.5 Å². The molecular weight excluding hydrogens is 522 g/mol. The Bertz CT molecular complexity index is 1430. The zero-order valence-electron chi connectivity index (χ0n) is 20.9. The maximum atomic E-state index is 12.9. The monoisotopic (exact) mass is 547 g/mol. The maximum absolute atomic E-state index is 12.9. The molecule has 3 aromatic carbocycles. The highest BCUT2D eigenvalue weighted by molar-refractivity contribution is 7.98. The minimum absolute atomic E-state index is 0.182. The fraction of sp³-hybridized carbons (Fsp3) is 0.138. The number of rotatable bonds is 10. The van der Waals surface area contributed by atoms with Gasteiger partial charge in [-0.05, 0) is 54.1 Å².